The number of hydrogen-bond acceptors (Lipinski definition) is 1. The Bertz CT molecular complexity index is 729. The summed E-state index contributed by atoms with van der Waals surface area (Å²) in [6.45, 7) is 0.534. The van der Waals surface area contributed by atoms with Gasteiger partial charge in [0.05, 0.1) is 11.6 Å². The molecule has 1 heterocycles. The number of guanidine groups is 1. The molecule has 8 heteroatoms. The average molecular weight is 361 g/mol. The van der Waals surface area contributed by atoms with Gasteiger partial charge in [-0.05, 0) is 24.3 Å². The maximum atomic E-state index is 13.6. The van der Waals surface area contributed by atoms with Gasteiger partial charge in [0.15, 0.2) is 5.96 Å². The van der Waals surface area contributed by atoms with Gasteiger partial charge in [-0.25, -0.2) is 8.78 Å². The predicted octanol–water partition coefficient (Wildman–Crippen LogP) is 3.48. The Morgan fingerprint density at radius 3 is 2.48 bits per heavy atom. The number of hydrogen-bond donors (Lipinski definition) is 2. The molecule has 0 amide bonds. The van der Waals surface area contributed by atoms with E-state index in [1.165, 1.54) is 0 Å². The fourth-order valence-electron chi connectivity index (χ4n) is 2.01. The van der Waals surface area contributed by atoms with Crippen molar-refractivity contribution in [1.29, 1.82) is 0 Å². The Kier molecular flexibility index (Phi) is 5.85. The molecule has 0 bridgehead atoms. The molecule has 0 radical (unpaired) electrons. The predicted molar refractivity (Wildman–Crippen MR) is 88.8 cm³/mol. The standard InChI is InChI=1S/C15H16Cl2F2N4/c1-20-15(21-7-9-5-10(18)3-4-13(9)19)22-8-11-6-12(16)14(17)23(11)2/h3-6H,7-8H2,1-2H3,(H2,20,21,22). The summed E-state index contributed by atoms with van der Waals surface area (Å²) in [7, 11) is 3.38. The van der Waals surface area contributed by atoms with Crippen molar-refractivity contribution in [2.45, 2.75) is 13.1 Å². The lowest BCUT2D eigenvalue weighted by Gasteiger charge is -2.13. The number of halogens is 4. The van der Waals surface area contributed by atoms with Crippen molar-refractivity contribution in [3.63, 3.8) is 0 Å². The molecule has 0 saturated carbocycles. The van der Waals surface area contributed by atoms with Gasteiger partial charge in [0.2, 0.25) is 0 Å². The summed E-state index contributed by atoms with van der Waals surface area (Å²) in [4.78, 5) is 4.03. The van der Waals surface area contributed by atoms with E-state index in [0.717, 1.165) is 23.9 Å². The quantitative estimate of drug-likeness (QED) is 0.647. The Morgan fingerprint density at radius 1 is 1.17 bits per heavy atom. The van der Waals surface area contributed by atoms with Crippen molar-refractivity contribution in [1.82, 2.24) is 15.2 Å². The molecule has 1 aromatic carbocycles. The van der Waals surface area contributed by atoms with Crippen LogP contribution in [0.4, 0.5) is 8.78 Å². The molecule has 0 aliphatic heterocycles. The Balaban J connectivity index is 1.96. The molecule has 0 aliphatic rings. The molecule has 2 N–H and O–H groups in total. The van der Waals surface area contributed by atoms with E-state index in [9.17, 15) is 8.78 Å². The molecule has 0 unspecified atom stereocenters. The maximum absolute atomic E-state index is 13.6. The van der Waals surface area contributed by atoms with E-state index in [1.807, 2.05) is 0 Å². The third-order valence-electron chi connectivity index (χ3n) is 3.33. The summed E-state index contributed by atoms with van der Waals surface area (Å²) in [5.74, 6) is -0.517. The smallest absolute Gasteiger partial charge is 0.191 e. The first kappa shape index (κ1) is 17.6. The fourth-order valence-corrected chi connectivity index (χ4v) is 2.43. The first-order chi connectivity index (χ1) is 10.9. The highest BCUT2D eigenvalue weighted by Gasteiger charge is 2.10. The third kappa shape index (κ3) is 4.36. The molecule has 1 aromatic heterocycles. The molecule has 0 spiro atoms. The zero-order chi connectivity index (χ0) is 17.0. The van der Waals surface area contributed by atoms with Crippen LogP contribution in [0.3, 0.4) is 0 Å². The zero-order valence-corrected chi connectivity index (χ0v) is 14.1. The topological polar surface area (TPSA) is 41.4 Å². The van der Waals surface area contributed by atoms with Crippen molar-refractivity contribution in [3.05, 3.63) is 57.3 Å². The molecule has 124 valence electrons. The number of benzene rings is 1. The van der Waals surface area contributed by atoms with E-state index in [0.29, 0.717) is 22.7 Å². The van der Waals surface area contributed by atoms with E-state index in [1.54, 1.807) is 24.7 Å². The summed E-state index contributed by atoms with van der Waals surface area (Å²) < 4.78 is 28.5. The largest absolute Gasteiger partial charge is 0.352 e. The first-order valence-electron chi connectivity index (χ1n) is 6.80. The van der Waals surface area contributed by atoms with Crippen LogP contribution >= 0.6 is 23.2 Å². The summed E-state index contributed by atoms with van der Waals surface area (Å²) in [6, 6.07) is 5.06. The SMILES string of the molecule is CN=C(NCc1cc(F)ccc1F)NCc1cc(Cl)c(Cl)n1C. The van der Waals surface area contributed by atoms with Crippen molar-refractivity contribution in [2.75, 3.05) is 7.05 Å². The van der Waals surface area contributed by atoms with Crippen LogP contribution in [-0.4, -0.2) is 17.6 Å². The normalized spacial score (nSPS) is 11.7. The molecule has 0 saturated heterocycles. The molecular weight excluding hydrogens is 345 g/mol. The van der Waals surface area contributed by atoms with E-state index in [-0.39, 0.29) is 12.1 Å². The molecule has 0 fully saturated rings. The van der Waals surface area contributed by atoms with Crippen LogP contribution in [0.25, 0.3) is 0 Å². The lowest BCUT2D eigenvalue weighted by atomic mass is 10.2. The van der Waals surface area contributed by atoms with Crippen molar-refractivity contribution < 1.29 is 8.78 Å². The molecule has 23 heavy (non-hydrogen) atoms. The molecule has 2 rings (SSSR count). The van der Waals surface area contributed by atoms with Gasteiger partial charge in [-0.3, -0.25) is 4.99 Å². The highest BCUT2D eigenvalue weighted by atomic mass is 35.5. The van der Waals surface area contributed by atoms with Gasteiger partial charge < -0.3 is 15.2 Å². The van der Waals surface area contributed by atoms with Crippen LogP contribution in [0, 0.1) is 11.6 Å². The Hall–Kier alpha value is -1.79. The molecule has 4 nitrogen and oxygen atoms in total. The maximum Gasteiger partial charge on any atom is 0.191 e. The minimum Gasteiger partial charge on any atom is -0.352 e. The van der Waals surface area contributed by atoms with Gasteiger partial charge in [-0.1, -0.05) is 23.2 Å². The lowest BCUT2D eigenvalue weighted by molar-refractivity contribution is 0.581. The van der Waals surface area contributed by atoms with E-state index in [4.69, 9.17) is 23.2 Å². The van der Waals surface area contributed by atoms with Gasteiger partial charge in [-0.15, -0.1) is 0 Å². The average Bonchev–Trinajstić information content (AvgIpc) is 2.78. The van der Waals surface area contributed by atoms with Crippen molar-refractivity contribution in [2.24, 2.45) is 12.0 Å². The van der Waals surface area contributed by atoms with Crippen LogP contribution in [0.5, 0.6) is 0 Å². The van der Waals surface area contributed by atoms with Crippen LogP contribution < -0.4 is 10.6 Å². The lowest BCUT2D eigenvalue weighted by Crippen LogP contribution is -2.36. The number of aromatic nitrogens is 1. The Labute approximate surface area is 143 Å². The van der Waals surface area contributed by atoms with Crippen molar-refractivity contribution in [3.8, 4) is 0 Å². The summed E-state index contributed by atoms with van der Waals surface area (Å²) in [5.41, 5.74) is 1.08. The van der Waals surface area contributed by atoms with Crippen LogP contribution in [0.2, 0.25) is 10.2 Å². The summed E-state index contributed by atoms with van der Waals surface area (Å²) in [6.07, 6.45) is 0. The third-order valence-corrected chi connectivity index (χ3v) is 4.17. The van der Waals surface area contributed by atoms with E-state index in [2.05, 4.69) is 15.6 Å². The van der Waals surface area contributed by atoms with Gasteiger partial charge in [0.25, 0.3) is 0 Å². The molecule has 2 aromatic rings. The summed E-state index contributed by atoms with van der Waals surface area (Å²) >= 11 is 12.0. The number of rotatable bonds is 4. The number of nitrogens with zero attached hydrogens (tertiary/aromatic N) is 2. The fraction of sp³-hybridized carbons (Fsp3) is 0.267. The van der Waals surface area contributed by atoms with Crippen LogP contribution in [0.1, 0.15) is 11.3 Å². The van der Waals surface area contributed by atoms with Crippen LogP contribution in [0.15, 0.2) is 29.3 Å². The number of nitrogens with one attached hydrogen (secondary N) is 2. The van der Waals surface area contributed by atoms with Gasteiger partial charge >= 0.3 is 0 Å². The monoisotopic (exact) mass is 360 g/mol. The van der Waals surface area contributed by atoms with Crippen molar-refractivity contribution >= 4 is 29.2 Å². The molecular formula is C15H16Cl2F2N4. The van der Waals surface area contributed by atoms with Gasteiger partial charge in [-0.2, -0.15) is 0 Å². The second kappa shape index (κ2) is 7.66. The van der Waals surface area contributed by atoms with Crippen LogP contribution in [-0.2, 0) is 20.1 Å². The second-order valence-corrected chi connectivity index (χ2v) is 5.61. The second-order valence-electron chi connectivity index (χ2n) is 4.85. The minimum atomic E-state index is -0.487. The first-order valence-corrected chi connectivity index (χ1v) is 7.56. The summed E-state index contributed by atoms with van der Waals surface area (Å²) in [5, 5.41) is 6.90. The van der Waals surface area contributed by atoms with E-state index < -0.39 is 11.6 Å². The molecule has 0 aliphatic carbocycles. The van der Waals surface area contributed by atoms with Gasteiger partial charge in [0, 0.05) is 31.9 Å². The minimum absolute atomic E-state index is 0.109. The van der Waals surface area contributed by atoms with Gasteiger partial charge in [0.1, 0.15) is 16.8 Å². The molecule has 0 atom stereocenters. The van der Waals surface area contributed by atoms with E-state index >= 15 is 0 Å². The number of aliphatic imine (C=N–C) groups is 1. The highest BCUT2D eigenvalue weighted by Crippen LogP contribution is 2.24. The Morgan fingerprint density at radius 2 is 1.87 bits per heavy atom. The zero-order valence-electron chi connectivity index (χ0n) is 12.6. The highest BCUT2D eigenvalue weighted by molar-refractivity contribution is 6.41.